The van der Waals surface area contributed by atoms with Gasteiger partial charge in [-0.25, -0.2) is 10.4 Å². The van der Waals surface area contributed by atoms with E-state index in [1.54, 1.807) is 14.0 Å². The topological polar surface area (TPSA) is 79.4 Å². The summed E-state index contributed by atoms with van der Waals surface area (Å²) in [4.78, 5) is 18.1. The Bertz CT molecular complexity index is 690. The van der Waals surface area contributed by atoms with Gasteiger partial charge in [-0.05, 0) is 43.2 Å². The molecule has 6 nitrogen and oxygen atoms in total. The van der Waals surface area contributed by atoms with Crippen molar-refractivity contribution in [2.45, 2.75) is 20.3 Å². The molecule has 0 spiro atoms. The van der Waals surface area contributed by atoms with Crippen molar-refractivity contribution in [3.63, 3.8) is 0 Å². The number of H-pyrrole nitrogens is 1. The van der Waals surface area contributed by atoms with Crippen LogP contribution in [0.15, 0.2) is 40.2 Å². The third-order valence-corrected chi connectivity index (χ3v) is 2.92. The Morgan fingerprint density at radius 3 is 2.67 bits per heavy atom. The molecule has 2 N–H and O–H groups in total. The quantitative estimate of drug-likeness (QED) is 0.653. The molecule has 1 aromatic carbocycles. The third kappa shape index (κ3) is 3.92. The minimum atomic E-state index is -0.206. The molecule has 0 fully saturated rings. The van der Waals surface area contributed by atoms with Gasteiger partial charge in [0, 0.05) is 11.8 Å². The lowest BCUT2D eigenvalue weighted by atomic mass is 10.1. The maximum atomic E-state index is 11.4. The van der Waals surface area contributed by atoms with E-state index in [1.165, 1.54) is 6.07 Å². The maximum Gasteiger partial charge on any atom is 0.252 e. The van der Waals surface area contributed by atoms with Crippen molar-refractivity contribution < 1.29 is 4.74 Å². The molecule has 0 aliphatic rings. The molecule has 0 saturated heterocycles. The molecule has 0 atom stereocenters. The number of aromatic amines is 1. The van der Waals surface area contributed by atoms with Crippen molar-refractivity contribution in [1.29, 1.82) is 0 Å². The standard InChI is InChI=1S/C15H18N4O2/c1-4-13(11-5-7-12(21-3)8-6-11)18-19-15-16-10(2)9-14(20)17-15/h5-9H,4H2,1-3H3,(H2,16,17,19,20)/b18-13-. The van der Waals surface area contributed by atoms with Gasteiger partial charge in [0.25, 0.3) is 5.56 Å². The highest BCUT2D eigenvalue weighted by Gasteiger charge is 2.03. The second kappa shape index (κ2) is 6.69. The second-order valence-corrected chi connectivity index (χ2v) is 4.49. The van der Waals surface area contributed by atoms with Crippen LogP contribution in [0.3, 0.4) is 0 Å². The van der Waals surface area contributed by atoms with E-state index in [9.17, 15) is 4.79 Å². The molecule has 0 saturated carbocycles. The van der Waals surface area contributed by atoms with Crippen molar-refractivity contribution >= 4 is 11.7 Å². The van der Waals surface area contributed by atoms with E-state index >= 15 is 0 Å². The van der Waals surface area contributed by atoms with Crippen LogP contribution in [-0.2, 0) is 0 Å². The van der Waals surface area contributed by atoms with E-state index in [-0.39, 0.29) is 5.56 Å². The third-order valence-electron chi connectivity index (χ3n) is 2.92. The molecule has 2 rings (SSSR count). The number of aryl methyl sites for hydroxylation is 1. The number of ether oxygens (including phenoxy) is 1. The number of hydrazone groups is 1. The zero-order valence-electron chi connectivity index (χ0n) is 12.3. The molecule has 6 heteroatoms. The van der Waals surface area contributed by atoms with Gasteiger partial charge >= 0.3 is 0 Å². The Kier molecular flexibility index (Phi) is 4.71. The summed E-state index contributed by atoms with van der Waals surface area (Å²) in [7, 11) is 1.63. The molecule has 0 bridgehead atoms. The number of aromatic nitrogens is 2. The first kappa shape index (κ1) is 14.8. The lowest BCUT2D eigenvalue weighted by Gasteiger charge is -2.06. The lowest BCUT2D eigenvalue weighted by Crippen LogP contribution is -2.12. The average molecular weight is 286 g/mol. The number of hydrogen-bond acceptors (Lipinski definition) is 5. The highest BCUT2D eigenvalue weighted by Crippen LogP contribution is 2.13. The molecule has 1 heterocycles. The lowest BCUT2D eigenvalue weighted by molar-refractivity contribution is 0.415. The number of rotatable bonds is 5. The molecule has 2 aromatic rings. The molecular weight excluding hydrogens is 268 g/mol. The van der Waals surface area contributed by atoms with Gasteiger partial charge in [0.1, 0.15) is 5.75 Å². The number of nitrogens with zero attached hydrogens (tertiary/aromatic N) is 2. The summed E-state index contributed by atoms with van der Waals surface area (Å²) in [6.45, 7) is 3.77. The van der Waals surface area contributed by atoms with Gasteiger partial charge in [0.15, 0.2) is 0 Å². The van der Waals surface area contributed by atoms with E-state index in [0.717, 1.165) is 23.4 Å². The average Bonchev–Trinajstić information content (AvgIpc) is 2.47. The van der Waals surface area contributed by atoms with Crippen LogP contribution in [0.2, 0.25) is 0 Å². The largest absolute Gasteiger partial charge is 0.497 e. The SMILES string of the molecule is CC/C(=N/Nc1nc(C)cc(=O)[nH]1)c1ccc(OC)cc1. The van der Waals surface area contributed by atoms with Gasteiger partial charge < -0.3 is 4.74 Å². The summed E-state index contributed by atoms with van der Waals surface area (Å²) in [5.41, 5.74) is 5.08. The number of benzene rings is 1. The minimum absolute atomic E-state index is 0.206. The summed E-state index contributed by atoms with van der Waals surface area (Å²) in [6, 6.07) is 9.07. The van der Waals surface area contributed by atoms with Gasteiger partial charge in [-0.1, -0.05) is 6.92 Å². The Labute approximate surface area is 122 Å². The molecule has 21 heavy (non-hydrogen) atoms. The first-order valence-electron chi connectivity index (χ1n) is 6.67. The summed E-state index contributed by atoms with van der Waals surface area (Å²) in [5.74, 6) is 1.13. The van der Waals surface area contributed by atoms with Crippen LogP contribution < -0.4 is 15.7 Å². The fourth-order valence-corrected chi connectivity index (χ4v) is 1.88. The summed E-state index contributed by atoms with van der Waals surface area (Å²) in [6.07, 6.45) is 0.745. The van der Waals surface area contributed by atoms with Crippen LogP contribution >= 0.6 is 0 Å². The summed E-state index contributed by atoms with van der Waals surface area (Å²) >= 11 is 0. The van der Waals surface area contributed by atoms with Gasteiger partial charge in [-0.3, -0.25) is 9.78 Å². The molecule has 1 aromatic heterocycles. The highest BCUT2D eigenvalue weighted by atomic mass is 16.5. The van der Waals surface area contributed by atoms with E-state index < -0.39 is 0 Å². The van der Waals surface area contributed by atoms with E-state index in [1.807, 2.05) is 31.2 Å². The molecular formula is C15H18N4O2. The van der Waals surface area contributed by atoms with Crippen molar-refractivity contribution in [2.24, 2.45) is 5.10 Å². The smallest absolute Gasteiger partial charge is 0.252 e. The van der Waals surface area contributed by atoms with Crippen LogP contribution in [0.4, 0.5) is 5.95 Å². The number of anilines is 1. The number of methoxy groups -OCH3 is 1. The molecule has 0 aliphatic carbocycles. The maximum absolute atomic E-state index is 11.4. The monoisotopic (exact) mass is 286 g/mol. The molecule has 110 valence electrons. The van der Waals surface area contributed by atoms with E-state index in [0.29, 0.717) is 11.6 Å². The van der Waals surface area contributed by atoms with Gasteiger partial charge in [0.2, 0.25) is 5.95 Å². The van der Waals surface area contributed by atoms with Crippen molar-refractivity contribution in [1.82, 2.24) is 9.97 Å². The van der Waals surface area contributed by atoms with Crippen LogP contribution in [0.5, 0.6) is 5.75 Å². The predicted octanol–water partition coefficient (Wildman–Crippen LogP) is 2.31. The van der Waals surface area contributed by atoms with Crippen LogP contribution in [-0.4, -0.2) is 22.8 Å². The second-order valence-electron chi connectivity index (χ2n) is 4.49. The number of hydrogen-bond donors (Lipinski definition) is 2. The fraction of sp³-hybridized carbons (Fsp3) is 0.267. The van der Waals surface area contributed by atoms with Gasteiger partial charge in [-0.15, -0.1) is 0 Å². The van der Waals surface area contributed by atoms with Gasteiger partial charge in [-0.2, -0.15) is 5.10 Å². The van der Waals surface area contributed by atoms with Crippen molar-refractivity contribution in [3.05, 3.63) is 51.9 Å². The van der Waals surface area contributed by atoms with E-state index in [4.69, 9.17) is 4.74 Å². The minimum Gasteiger partial charge on any atom is -0.497 e. The fourth-order valence-electron chi connectivity index (χ4n) is 1.88. The van der Waals surface area contributed by atoms with Gasteiger partial charge in [0.05, 0.1) is 12.8 Å². The molecule has 0 unspecified atom stereocenters. The van der Waals surface area contributed by atoms with Crippen molar-refractivity contribution in [2.75, 3.05) is 12.5 Å². The normalized spacial score (nSPS) is 11.3. The van der Waals surface area contributed by atoms with Crippen LogP contribution in [0.1, 0.15) is 24.6 Å². The Morgan fingerprint density at radius 2 is 2.10 bits per heavy atom. The summed E-state index contributed by atoms with van der Waals surface area (Å²) < 4.78 is 5.13. The first-order chi connectivity index (χ1) is 10.1. The Morgan fingerprint density at radius 1 is 1.38 bits per heavy atom. The number of nitrogens with one attached hydrogen (secondary N) is 2. The molecule has 0 amide bonds. The van der Waals surface area contributed by atoms with E-state index in [2.05, 4.69) is 20.5 Å². The first-order valence-corrected chi connectivity index (χ1v) is 6.67. The Balaban J connectivity index is 2.21. The highest BCUT2D eigenvalue weighted by molar-refractivity contribution is 6.00. The molecule has 0 radical (unpaired) electrons. The van der Waals surface area contributed by atoms with Crippen LogP contribution in [0.25, 0.3) is 0 Å². The zero-order valence-corrected chi connectivity index (χ0v) is 12.3. The van der Waals surface area contributed by atoms with Crippen LogP contribution in [0, 0.1) is 6.92 Å². The predicted molar refractivity (Wildman–Crippen MR) is 83.0 cm³/mol. The summed E-state index contributed by atoms with van der Waals surface area (Å²) in [5, 5.41) is 4.31. The Hall–Kier alpha value is -2.63. The molecule has 0 aliphatic heterocycles. The zero-order chi connectivity index (χ0) is 15.2. The van der Waals surface area contributed by atoms with Crippen molar-refractivity contribution in [3.8, 4) is 5.75 Å².